The SMILES string of the molecule is FCCOCCOSI. The molecule has 0 atom stereocenters. The van der Waals surface area contributed by atoms with E-state index in [1.165, 1.54) is 9.21 Å². The van der Waals surface area contributed by atoms with Gasteiger partial charge in [0.05, 0.1) is 29.0 Å². The number of rotatable bonds is 6. The molecule has 0 saturated carbocycles. The Labute approximate surface area is 70.3 Å². The van der Waals surface area contributed by atoms with Crippen LogP contribution in [0.25, 0.3) is 0 Å². The van der Waals surface area contributed by atoms with Crippen LogP contribution in [0.1, 0.15) is 0 Å². The normalized spacial score (nSPS) is 10.0. The molecule has 56 valence electrons. The zero-order valence-electron chi connectivity index (χ0n) is 4.81. The van der Waals surface area contributed by atoms with Crippen molar-refractivity contribution in [3.63, 3.8) is 0 Å². The highest BCUT2D eigenvalue weighted by Gasteiger charge is 1.86. The molecule has 0 rings (SSSR count). The van der Waals surface area contributed by atoms with Gasteiger partial charge in [-0.05, 0) is 0 Å². The van der Waals surface area contributed by atoms with E-state index in [1.807, 2.05) is 21.2 Å². The third kappa shape index (κ3) is 8.93. The number of hydrogen-bond donors (Lipinski definition) is 0. The molecular weight excluding hydrogens is 258 g/mol. The van der Waals surface area contributed by atoms with E-state index in [9.17, 15) is 4.39 Å². The number of hydrogen-bond acceptors (Lipinski definition) is 3. The van der Waals surface area contributed by atoms with Crippen LogP contribution in [0.3, 0.4) is 0 Å². The van der Waals surface area contributed by atoms with Crippen molar-refractivity contribution < 1.29 is 13.3 Å². The third-order valence-corrected chi connectivity index (χ3v) is 1.60. The molecule has 2 nitrogen and oxygen atoms in total. The van der Waals surface area contributed by atoms with E-state index in [0.717, 1.165) is 0 Å². The summed E-state index contributed by atoms with van der Waals surface area (Å²) in [4.78, 5) is 0. The van der Waals surface area contributed by atoms with E-state index in [-0.39, 0.29) is 6.61 Å². The molecule has 0 aliphatic heterocycles. The molecule has 0 amide bonds. The van der Waals surface area contributed by atoms with Crippen LogP contribution in [0.4, 0.5) is 4.39 Å². The van der Waals surface area contributed by atoms with Crippen LogP contribution in [-0.4, -0.2) is 26.5 Å². The van der Waals surface area contributed by atoms with Gasteiger partial charge in [-0.2, -0.15) is 0 Å². The predicted molar refractivity (Wildman–Crippen MR) is 44.4 cm³/mol. The second kappa shape index (κ2) is 8.93. The van der Waals surface area contributed by atoms with Crippen LogP contribution in [0.15, 0.2) is 0 Å². The monoisotopic (exact) mass is 266 g/mol. The van der Waals surface area contributed by atoms with Gasteiger partial charge in [-0.1, -0.05) is 0 Å². The van der Waals surface area contributed by atoms with Crippen molar-refractivity contribution in [1.29, 1.82) is 0 Å². The first kappa shape index (κ1) is 9.93. The largest absolute Gasteiger partial charge is 0.376 e. The average Bonchev–Trinajstić information content (AvgIpc) is 1.89. The van der Waals surface area contributed by atoms with Gasteiger partial charge in [-0.3, -0.25) is 0 Å². The summed E-state index contributed by atoms with van der Waals surface area (Å²) in [6.45, 7) is 0.750. The van der Waals surface area contributed by atoms with Crippen molar-refractivity contribution >= 4 is 30.4 Å². The molecule has 0 heterocycles. The fourth-order valence-electron chi connectivity index (χ4n) is 0.281. The molecule has 0 aliphatic carbocycles. The zero-order chi connectivity index (χ0) is 6.95. The van der Waals surface area contributed by atoms with Crippen LogP contribution in [-0.2, 0) is 8.92 Å². The lowest BCUT2D eigenvalue weighted by molar-refractivity contribution is 0.0961. The van der Waals surface area contributed by atoms with Crippen molar-refractivity contribution in [2.24, 2.45) is 0 Å². The quantitative estimate of drug-likeness (QED) is 0.416. The minimum absolute atomic E-state index is 0.176. The first-order valence-electron chi connectivity index (χ1n) is 2.45. The van der Waals surface area contributed by atoms with Crippen molar-refractivity contribution in [2.45, 2.75) is 0 Å². The van der Waals surface area contributed by atoms with Gasteiger partial charge in [-0.15, -0.1) is 0 Å². The molecule has 0 aromatic carbocycles. The van der Waals surface area contributed by atoms with Gasteiger partial charge < -0.3 is 8.92 Å². The summed E-state index contributed by atoms with van der Waals surface area (Å²) < 4.78 is 20.9. The summed E-state index contributed by atoms with van der Waals surface area (Å²) in [6.07, 6.45) is 0. The fraction of sp³-hybridized carbons (Fsp3) is 1.00. The van der Waals surface area contributed by atoms with E-state index in [0.29, 0.717) is 13.2 Å². The lowest BCUT2D eigenvalue weighted by Gasteiger charge is -1.98. The lowest BCUT2D eigenvalue weighted by atomic mass is 10.7. The maximum Gasteiger partial charge on any atom is 0.113 e. The highest BCUT2D eigenvalue weighted by Crippen LogP contribution is 2.10. The van der Waals surface area contributed by atoms with Gasteiger partial charge in [-0.25, -0.2) is 4.39 Å². The van der Waals surface area contributed by atoms with E-state index >= 15 is 0 Å². The second-order valence-electron chi connectivity index (χ2n) is 1.19. The van der Waals surface area contributed by atoms with Crippen molar-refractivity contribution in [1.82, 2.24) is 0 Å². The predicted octanol–water partition coefficient (Wildman–Crippen LogP) is 1.99. The molecule has 0 saturated heterocycles. The Morgan fingerprint density at radius 3 is 2.67 bits per heavy atom. The third-order valence-electron chi connectivity index (χ3n) is 0.577. The summed E-state index contributed by atoms with van der Waals surface area (Å²) in [5, 5.41) is 0. The van der Waals surface area contributed by atoms with Crippen LogP contribution in [0.5, 0.6) is 0 Å². The molecule has 0 fully saturated rings. The van der Waals surface area contributed by atoms with Gasteiger partial charge in [0.2, 0.25) is 0 Å². The van der Waals surface area contributed by atoms with Gasteiger partial charge in [0.25, 0.3) is 0 Å². The summed E-state index contributed by atoms with van der Waals surface area (Å²) in [5.74, 6) is 0. The van der Waals surface area contributed by atoms with E-state index in [2.05, 4.69) is 0 Å². The van der Waals surface area contributed by atoms with E-state index in [4.69, 9.17) is 8.92 Å². The van der Waals surface area contributed by atoms with Crippen LogP contribution in [0, 0.1) is 0 Å². The molecule has 5 heteroatoms. The molecule has 0 aromatic rings. The first-order chi connectivity index (χ1) is 4.41. The topological polar surface area (TPSA) is 18.5 Å². The number of alkyl halides is 1. The standard InChI is InChI=1S/C4H8FIO2S/c5-1-2-7-3-4-8-9-6/h1-4H2. The van der Waals surface area contributed by atoms with Crippen molar-refractivity contribution in [3.8, 4) is 0 Å². The molecule has 0 aromatic heterocycles. The maximum absolute atomic E-state index is 11.3. The van der Waals surface area contributed by atoms with Gasteiger partial charge in [0.15, 0.2) is 0 Å². The van der Waals surface area contributed by atoms with Crippen molar-refractivity contribution in [2.75, 3.05) is 26.5 Å². The van der Waals surface area contributed by atoms with E-state index < -0.39 is 6.67 Å². The average molecular weight is 266 g/mol. The molecule has 0 N–H and O–H groups in total. The molecule has 0 aliphatic rings. The minimum atomic E-state index is -0.419. The summed E-state index contributed by atoms with van der Waals surface area (Å²) in [5.41, 5.74) is 0. The zero-order valence-corrected chi connectivity index (χ0v) is 7.78. The molecule has 0 radical (unpaired) electrons. The Morgan fingerprint density at radius 2 is 2.11 bits per heavy atom. The van der Waals surface area contributed by atoms with Crippen LogP contribution >= 0.6 is 30.4 Å². The number of ether oxygens (including phenoxy) is 1. The Balaban J connectivity index is 2.60. The van der Waals surface area contributed by atoms with Crippen LogP contribution < -0.4 is 0 Å². The van der Waals surface area contributed by atoms with Crippen molar-refractivity contribution in [3.05, 3.63) is 0 Å². The highest BCUT2D eigenvalue weighted by molar-refractivity contribution is 14.2. The summed E-state index contributed by atoms with van der Waals surface area (Å²) in [6, 6.07) is 0. The summed E-state index contributed by atoms with van der Waals surface area (Å²) in [7, 11) is 1.26. The molecule has 0 spiro atoms. The minimum Gasteiger partial charge on any atom is -0.376 e. The van der Waals surface area contributed by atoms with E-state index in [1.54, 1.807) is 0 Å². The smallest absolute Gasteiger partial charge is 0.113 e. The Hall–Kier alpha value is 0.930. The highest BCUT2D eigenvalue weighted by atomic mass is 127. The second-order valence-corrected chi connectivity index (χ2v) is 2.63. The molecule has 0 unspecified atom stereocenters. The van der Waals surface area contributed by atoms with Crippen LogP contribution in [0.2, 0.25) is 0 Å². The summed E-state index contributed by atoms with van der Waals surface area (Å²) >= 11 is 2.01. The molecule has 0 bridgehead atoms. The van der Waals surface area contributed by atoms with Gasteiger partial charge in [0, 0.05) is 21.2 Å². The van der Waals surface area contributed by atoms with Gasteiger partial charge >= 0.3 is 0 Å². The Bertz CT molecular complexity index is 51.8. The lowest BCUT2D eigenvalue weighted by Crippen LogP contribution is -2.02. The first-order valence-corrected chi connectivity index (χ1v) is 5.74. The molecule has 9 heavy (non-hydrogen) atoms. The maximum atomic E-state index is 11.3. The van der Waals surface area contributed by atoms with Gasteiger partial charge in [0.1, 0.15) is 6.67 Å². The Morgan fingerprint density at radius 1 is 1.33 bits per heavy atom. The Kier molecular flexibility index (Phi) is 9.85. The number of halogens is 2. The fourth-order valence-corrected chi connectivity index (χ4v) is 0.951. The molecular formula is C4H8FIO2S.